The van der Waals surface area contributed by atoms with E-state index >= 15 is 0 Å². The Morgan fingerprint density at radius 1 is 1.43 bits per heavy atom. The van der Waals surface area contributed by atoms with Gasteiger partial charge in [-0.25, -0.2) is 13.1 Å². The van der Waals surface area contributed by atoms with E-state index in [0.29, 0.717) is 11.4 Å². The summed E-state index contributed by atoms with van der Waals surface area (Å²) >= 11 is 0. The summed E-state index contributed by atoms with van der Waals surface area (Å²) in [6.07, 6.45) is -0.490. The van der Waals surface area contributed by atoms with Gasteiger partial charge in [0, 0.05) is 13.0 Å². The highest BCUT2D eigenvalue weighted by Crippen LogP contribution is 2.31. The molecular formula is C13H16N2O5S. The van der Waals surface area contributed by atoms with E-state index in [4.69, 9.17) is 4.74 Å². The average Bonchev–Trinajstić information content (AvgIpc) is 2.38. The van der Waals surface area contributed by atoms with Crippen LogP contribution in [0.2, 0.25) is 0 Å². The summed E-state index contributed by atoms with van der Waals surface area (Å²) in [4.78, 5) is 22.4. The van der Waals surface area contributed by atoms with Gasteiger partial charge in [-0.3, -0.25) is 9.59 Å². The molecule has 2 N–H and O–H groups in total. The standard InChI is InChI=1S/C13H16N2O5S/c1-8(16)5-6-14-21(18,19)10-3-4-12-11(7-10)15-13(17)9(2)20-12/h3-4,7,9,14H,5-6H2,1-2H3,(H,15,17). The minimum absolute atomic E-state index is 0.00301. The maximum absolute atomic E-state index is 12.1. The summed E-state index contributed by atoms with van der Waals surface area (Å²) in [7, 11) is -3.73. The maximum Gasteiger partial charge on any atom is 0.265 e. The minimum atomic E-state index is -3.73. The van der Waals surface area contributed by atoms with Crippen molar-refractivity contribution in [3.8, 4) is 5.75 Å². The minimum Gasteiger partial charge on any atom is -0.479 e. The fourth-order valence-electron chi connectivity index (χ4n) is 1.80. The summed E-state index contributed by atoms with van der Waals surface area (Å²) in [6, 6.07) is 4.21. The van der Waals surface area contributed by atoms with Crippen molar-refractivity contribution in [2.45, 2.75) is 31.3 Å². The zero-order chi connectivity index (χ0) is 15.6. The van der Waals surface area contributed by atoms with Gasteiger partial charge < -0.3 is 10.1 Å². The zero-order valence-corrected chi connectivity index (χ0v) is 12.5. The topological polar surface area (TPSA) is 102 Å². The van der Waals surface area contributed by atoms with Gasteiger partial charge in [-0.1, -0.05) is 0 Å². The van der Waals surface area contributed by atoms with Gasteiger partial charge >= 0.3 is 0 Å². The number of anilines is 1. The summed E-state index contributed by atoms with van der Waals surface area (Å²) in [5.74, 6) is -0.0100. The van der Waals surface area contributed by atoms with E-state index in [1.807, 2.05) is 0 Å². The van der Waals surface area contributed by atoms with Gasteiger partial charge in [0.15, 0.2) is 6.10 Å². The molecule has 1 unspecified atom stereocenters. The van der Waals surface area contributed by atoms with Gasteiger partial charge in [-0.05, 0) is 32.0 Å². The predicted molar refractivity (Wildman–Crippen MR) is 75.6 cm³/mol. The van der Waals surface area contributed by atoms with Gasteiger partial charge in [-0.15, -0.1) is 0 Å². The van der Waals surface area contributed by atoms with Crippen molar-refractivity contribution in [2.75, 3.05) is 11.9 Å². The van der Waals surface area contributed by atoms with Crippen molar-refractivity contribution >= 4 is 27.4 Å². The van der Waals surface area contributed by atoms with Crippen molar-refractivity contribution in [3.63, 3.8) is 0 Å². The number of carbonyl (C=O) groups is 2. The molecular weight excluding hydrogens is 296 g/mol. The molecule has 7 nitrogen and oxygen atoms in total. The van der Waals surface area contributed by atoms with Crippen LogP contribution in [0.15, 0.2) is 23.1 Å². The number of fused-ring (bicyclic) bond motifs is 1. The van der Waals surface area contributed by atoms with Crippen LogP contribution in [0.1, 0.15) is 20.3 Å². The van der Waals surface area contributed by atoms with E-state index < -0.39 is 16.1 Å². The van der Waals surface area contributed by atoms with E-state index in [9.17, 15) is 18.0 Å². The molecule has 8 heteroatoms. The lowest BCUT2D eigenvalue weighted by molar-refractivity contribution is -0.122. The largest absolute Gasteiger partial charge is 0.479 e. The second-order valence-corrected chi connectivity index (χ2v) is 6.52. The highest BCUT2D eigenvalue weighted by atomic mass is 32.2. The predicted octanol–water partition coefficient (Wildman–Crippen LogP) is 0.663. The van der Waals surface area contributed by atoms with Gasteiger partial charge in [0.25, 0.3) is 5.91 Å². The second-order valence-electron chi connectivity index (χ2n) is 4.76. The van der Waals surface area contributed by atoms with Crippen molar-refractivity contribution in [1.29, 1.82) is 0 Å². The van der Waals surface area contributed by atoms with Crippen LogP contribution in [0.4, 0.5) is 5.69 Å². The van der Waals surface area contributed by atoms with Crippen LogP contribution in [0.25, 0.3) is 0 Å². The lowest BCUT2D eigenvalue weighted by Crippen LogP contribution is -2.34. The normalized spacial score (nSPS) is 17.6. The molecule has 114 valence electrons. The molecule has 1 amide bonds. The molecule has 0 fully saturated rings. The lowest BCUT2D eigenvalue weighted by atomic mass is 10.2. The van der Waals surface area contributed by atoms with E-state index in [-0.39, 0.29) is 29.6 Å². The first-order valence-electron chi connectivity index (χ1n) is 6.40. The molecule has 0 saturated carbocycles. The molecule has 21 heavy (non-hydrogen) atoms. The van der Waals surface area contributed by atoms with Crippen LogP contribution >= 0.6 is 0 Å². The summed E-state index contributed by atoms with van der Waals surface area (Å²) < 4.78 is 31.8. The van der Waals surface area contributed by atoms with E-state index in [1.54, 1.807) is 6.92 Å². The first-order valence-corrected chi connectivity index (χ1v) is 7.88. The van der Waals surface area contributed by atoms with E-state index in [1.165, 1.54) is 25.1 Å². The number of rotatable bonds is 5. The number of Topliss-reactive ketones (excluding diaryl/α,β-unsaturated/α-hetero) is 1. The van der Waals surface area contributed by atoms with Crippen molar-refractivity contribution < 1.29 is 22.7 Å². The van der Waals surface area contributed by atoms with Gasteiger partial charge in [0.2, 0.25) is 10.0 Å². The number of ether oxygens (including phenoxy) is 1. The van der Waals surface area contributed by atoms with Crippen LogP contribution in [-0.2, 0) is 19.6 Å². The highest BCUT2D eigenvalue weighted by Gasteiger charge is 2.25. The molecule has 1 aliphatic rings. The Morgan fingerprint density at radius 3 is 2.81 bits per heavy atom. The third kappa shape index (κ3) is 3.59. The average molecular weight is 312 g/mol. The van der Waals surface area contributed by atoms with E-state index in [2.05, 4.69) is 10.0 Å². The van der Waals surface area contributed by atoms with Crippen molar-refractivity contribution in [2.24, 2.45) is 0 Å². The SMILES string of the molecule is CC(=O)CCNS(=O)(=O)c1ccc2c(c1)NC(=O)C(C)O2. The Balaban J connectivity index is 2.20. The summed E-state index contributed by atoms with van der Waals surface area (Å²) in [5.41, 5.74) is 0.313. The molecule has 0 radical (unpaired) electrons. The molecule has 0 saturated heterocycles. The van der Waals surface area contributed by atoms with Crippen LogP contribution in [-0.4, -0.2) is 32.8 Å². The number of benzene rings is 1. The Bertz CT molecular complexity index is 684. The summed E-state index contributed by atoms with van der Waals surface area (Å²) in [5, 5.41) is 2.59. The third-order valence-electron chi connectivity index (χ3n) is 2.96. The number of hydrogen-bond donors (Lipinski definition) is 2. The molecule has 1 aliphatic heterocycles. The third-order valence-corrected chi connectivity index (χ3v) is 4.42. The number of hydrogen-bond acceptors (Lipinski definition) is 5. The molecule has 2 rings (SSSR count). The number of carbonyl (C=O) groups excluding carboxylic acids is 2. The first-order chi connectivity index (χ1) is 9.79. The Labute approximate surface area is 122 Å². The van der Waals surface area contributed by atoms with Crippen LogP contribution in [0, 0.1) is 0 Å². The quantitative estimate of drug-likeness (QED) is 0.832. The van der Waals surface area contributed by atoms with Gasteiger partial charge in [0.05, 0.1) is 10.6 Å². The molecule has 1 heterocycles. The highest BCUT2D eigenvalue weighted by molar-refractivity contribution is 7.89. The molecule has 0 aromatic heterocycles. The lowest BCUT2D eigenvalue weighted by Gasteiger charge is -2.23. The van der Waals surface area contributed by atoms with E-state index in [0.717, 1.165) is 0 Å². The molecule has 0 spiro atoms. The molecule has 1 aromatic rings. The number of amides is 1. The smallest absolute Gasteiger partial charge is 0.265 e. The Morgan fingerprint density at radius 2 is 2.14 bits per heavy atom. The van der Waals surface area contributed by atoms with Gasteiger partial charge in [0.1, 0.15) is 11.5 Å². The van der Waals surface area contributed by atoms with Crippen molar-refractivity contribution in [3.05, 3.63) is 18.2 Å². The first kappa shape index (κ1) is 15.5. The van der Waals surface area contributed by atoms with Crippen LogP contribution in [0.5, 0.6) is 5.75 Å². The molecule has 1 atom stereocenters. The number of nitrogens with one attached hydrogen (secondary N) is 2. The second kappa shape index (κ2) is 5.82. The summed E-state index contributed by atoms with van der Waals surface area (Å²) in [6.45, 7) is 3.03. The monoisotopic (exact) mass is 312 g/mol. The van der Waals surface area contributed by atoms with Crippen LogP contribution < -0.4 is 14.8 Å². The fraction of sp³-hybridized carbons (Fsp3) is 0.385. The molecule has 1 aromatic carbocycles. The van der Waals surface area contributed by atoms with Gasteiger partial charge in [-0.2, -0.15) is 0 Å². The van der Waals surface area contributed by atoms with Crippen LogP contribution in [0.3, 0.4) is 0 Å². The Hall–Kier alpha value is -1.93. The Kier molecular flexibility index (Phi) is 4.29. The number of ketones is 1. The molecule has 0 bridgehead atoms. The zero-order valence-electron chi connectivity index (χ0n) is 11.7. The fourth-order valence-corrected chi connectivity index (χ4v) is 2.86. The van der Waals surface area contributed by atoms with Crippen molar-refractivity contribution in [1.82, 2.24) is 4.72 Å². The maximum atomic E-state index is 12.1. The molecule has 0 aliphatic carbocycles. The number of sulfonamides is 1.